The Morgan fingerprint density at radius 1 is 0.867 bits per heavy atom. The molecule has 1 saturated carbocycles. The summed E-state index contributed by atoms with van der Waals surface area (Å²) in [5.41, 5.74) is -0.258. The Morgan fingerprint density at radius 2 is 1.40 bits per heavy atom. The predicted molar refractivity (Wildman–Crippen MR) is 112 cm³/mol. The van der Waals surface area contributed by atoms with Crippen LogP contribution in [0.2, 0.25) is 0 Å². The number of hydrogen-bond acceptors (Lipinski definition) is 6. The highest BCUT2D eigenvalue weighted by atomic mass is 32.2. The van der Waals surface area contributed by atoms with Gasteiger partial charge < -0.3 is 9.47 Å². The molecule has 2 aromatic rings. The van der Waals surface area contributed by atoms with Gasteiger partial charge in [-0.3, -0.25) is 9.59 Å². The lowest BCUT2D eigenvalue weighted by molar-refractivity contribution is -0.164. The topological polar surface area (TPSA) is 86.7 Å². The summed E-state index contributed by atoms with van der Waals surface area (Å²) in [7, 11) is -4.01. The fourth-order valence-electron chi connectivity index (χ4n) is 4.01. The van der Waals surface area contributed by atoms with Crippen molar-refractivity contribution >= 4 is 21.8 Å². The van der Waals surface area contributed by atoms with Gasteiger partial charge in [0.2, 0.25) is 0 Å². The third kappa shape index (κ3) is 3.51. The summed E-state index contributed by atoms with van der Waals surface area (Å²) >= 11 is 0. The minimum Gasteiger partial charge on any atom is -0.465 e. The van der Waals surface area contributed by atoms with Crippen LogP contribution >= 0.6 is 0 Å². The summed E-state index contributed by atoms with van der Waals surface area (Å²) in [6.07, 6.45) is 0.817. The lowest BCUT2D eigenvalue weighted by Crippen LogP contribution is -2.35. The zero-order chi connectivity index (χ0) is 21.9. The lowest BCUT2D eigenvalue weighted by Gasteiger charge is -2.15. The van der Waals surface area contributed by atoms with Gasteiger partial charge in [0.1, 0.15) is 5.25 Å². The largest absolute Gasteiger partial charge is 0.465 e. The van der Waals surface area contributed by atoms with Gasteiger partial charge in [-0.05, 0) is 43.5 Å². The average molecular weight is 431 g/mol. The van der Waals surface area contributed by atoms with Crippen LogP contribution in [0.25, 0.3) is 0 Å². The van der Waals surface area contributed by atoms with E-state index in [1.54, 1.807) is 44.2 Å². The molecule has 0 amide bonds. The van der Waals surface area contributed by atoms with Crippen LogP contribution in [0.3, 0.4) is 0 Å². The summed E-state index contributed by atoms with van der Waals surface area (Å²) in [6.45, 7) is 5.30. The third-order valence-electron chi connectivity index (χ3n) is 5.51. The fourth-order valence-corrected chi connectivity index (χ4v) is 6.32. The molecule has 6 nitrogen and oxygen atoms in total. The van der Waals surface area contributed by atoms with Crippen LogP contribution in [0.4, 0.5) is 0 Å². The van der Waals surface area contributed by atoms with Crippen molar-refractivity contribution in [3.8, 4) is 0 Å². The first kappa shape index (κ1) is 22.0. The molecular formula is C23H26O6S. The second-order valence-electron chi connectivity index (χ2n) is 7.16. The van der Waals surface area contributed by atoms with E-state index in [1.807, 2.05) is 19.1 Å². The Balaban J connectivity index is 2.18. The summed E-state index contributed by atoms with van der Waals surface area (Å²) < 4.78 is 37.4. The van der Waals surface area contributed by atoms with Gasteiger partial charge in [0, 0.05) is 5.92 Å². The highest BCUT2D eigenvalue weighted by Crippen LogP contribution is 2.65. The van der Waals surface area contributed by atoms with Crippen LogP contribution in [0.1, 0.15) is 37.8 Å². The van der Waals surface area contributed by atoms with E-state index in [0.29, 0.717) is 5.56 Å². The van der Waals surface area contributed by atoms with E-state index in [-0.39, 0.29) is 18.1 Å². The standard InChI is InChI=1S/C23H26O6S/c1-4-16-12-14-17(15-13-16)19-20(30(26,27)18-10-8-7-9-11-18)23(19,21(24)28-5-2)22(25)29-6-3/h7-15,19-20H,4-6H2,1-3H3/t19-,20+/m1/s1. The molecule has 0 unspecified atom stereocenters. The maximum absolute atomic E-state index is 13.5. The van der Waals surface area contributed by atoms with Gasteiger partial charge in [-0.2, -0.15) is 0 Å². The number of hydrogen-bond donors (Lipinski definition) is 0. The first-order valence-corrected chi connectivity index (χ1v) is 11.6. The van der Waals surface area contributed by atoms with Gasteiger partial charge in [0.25, 0.3) is 0 Å². The van der Waals surface area contributed by atoms with Gasteiger partial charge in [0.15, 0.2) is 15.3 Å². The maximum atomic E-state index is 13.5. The quantitative estimate of drug-likeness (QED) is 0.472. The molecule has 0 bridgehead atoms. The smallest absolute Gasteiger partial charge is 0.325 e. The molecule has 0 saturated heterocycles. The van der Waals surface area contributed by atoms with Crippen LogP contribution in [0.15, 0.2) is 59.5 Å². The van der Waals surface area contributed by atoms with E-state index in [2.05, 4.69) is 0 Å². The normalized spacial score (nSPS) is 19.7. The van der Waals surface area contributed by atoms with Crippen LogP contribution in [-0.4, -0.2) is 38.8 Å². The van der Waals surface area contributed by atoms with E-state index in [0.717, 1.165) is 12.0 Å². The predicted octanol–water partition coefficient (Wildman–Crippen LogP) is 3.30. The minimum absolute atomic E-state index is 0.0274. The number of aryl methyl sites for hydroxylation is 1. The van der Waals surface area contributed by atoms with Crippen molar-refractivity contribution in [1.82, 2.24) is 0 Å². The van der Waals surface area contributed by atoms with Gasteiger partial charge >= 0.3 is 11.9 Å². The molecule has 0 aliphatic heterocycles. The molecule has 2 aromatic carbocycles. The Bertz CT molecular complexity index is 993. The molecule has 0 radical (unpaired) electrons. The summed E-state index contributed by atoms with van der Waals surface area (Å²) in [5.74, 6) is -2.61. The molecule has 1 fully saturated rings. The first-order chi connectivity index (χ1) is 14.3. The fraction of sp³-hybridized carbons (Fsp3) is 0.391. The SMILES string of the molecule is CCOC(=O)C1(C(=O)OCC)[C@H](c2ccc(CC)cc2)[C@@H]1S(=O)(=O)c1ccccc1. The number of benzene rings is 2. The molecule has 0 N–H and O–H groups in total. The highest BCUT2D eigenvalue weighted by molar-refractivity contribution is 7.92. The van der Waals surface area contributed by atoms with Crippen molar-refractivity contribution in [1.29, 1.82) is 0 Å². The highest BCUT2D eigenvalue weighted by Gasteiger charge is 2.81. The second kappa shape index (κ2) is 8.60. The van der Waals surface area contributed by atoms with Crippen LogP contribution in [-0.2, 0) is 35.3 Å². The molecule has 7 heteroatoms. The third-order valence-corrected chi connectivity index (χ3v) is 7.75. The molecule has 1 aliphatic carbocycles. The molecule has 3 rings (SSSR count). The Morgan fingerprint density at radius 3 is 1.87 bits per heavy atom. The molecule has 0 spiro atoms. The van der Waals surface area contributed by atoms with Crippen LogP contribution < -0.4 is 0 Å². The molecular weight excluding hydrogens is 404 g/mol. The van der Waals surface area contributed by atoms with E-state index >= 15 is 0 Å². The second-order valence-corrected chi connectivity index (χ2v) is 9.23. The minimum atomic E-state index is -4.01. The number of esters is 2. The number of sulfone groups is 1. The molecule has 1 aliphatic rings. The van der Waals surface area contributed by atoms with Gasteiger partial charge in [-0.15, -0.1) is 0 Å². The maximum Gasteiger partial charge on any atom is 0.325 e. The van der Waals surface area contributed by atoms with Gasteiger partial charge in [-0.25, -0.2) is 8.42 Å². The van der Waals surface area contributed by atoms with Gasteiger partial charge in [0.05, 0.1) is 18.1 Å². The van der Waals surface area contributed by atoms with E-state index in [4.69, 9.17) is 9.47 Å². The number of rotatable bonds is 8. The van der Waals surface area contributed by atoms with Crippen LogP contribution in [0.5, 0.6) is 0 Å². The van der Waals surface area contributed by atoms with Gasteiger partial charge in [-0.1, -0.05) is 49.4 Å². The molecule has 2 atom stereocenters. The Hall–Kier alpha value is -2.67. The summed E-state index contributed by atoms with van der Waals surface area (Å²) in [4.78, 5) is 26.2. The number of carbonyl (C=O) groups excluding carboxylic acids is 2. The molecule has 30 heavy (non-hydrogen) atoms. The van der Waals surface area contributed by atoms with Crippen molar-refractivity contribution in [2.45, 2.75) is 43.3 Å². The summed E-state index contributed by atoms with van der Waals surface area (Å²) in [5, 5.41) is -1.29. The summed E-state index contributed by atoms with van der Waals surface area (Å²) in [6, 6.07) is 15.2. The van der Waals surface area contributed by atoms with E-state index in [1.165, 1.54) is 12.1 Å². The first-order valence-electron chi connectivity index (χ1n) is 10.1. The van der Waals surface area contributed by atoms with Crippen molar-refractivity contribution in [2.24, 2.45) is 5.41 Å². The molecule has 0 heterocycles. The Labute approximate surface area is 177 Å². The van der Waals surface area contributed by atoms with Crippen molar-refractivity contribution in [3.05, 3.63) is 65.7 Å². The van der Waals surface area contributed by atoms with Crippen LogP contribution in [0, 0.1) is 5.41 Å². The van der Waals surface area contributed by atoms with E-state index < -0.39 is 38.4 Å². The molecule has 0 aromatic heterocycles. The van der Waals surface area contributed by atoms with Crippen molar-refractivity contribution < 1.29 is 27.5 Å². The Kier molecular flexibility index (Phi) is 6.31. The van der Waals surface area contributed by atoms with E-state index in [9.17, 15) is 18.0 Å². The number of carbonyl (C=O) groups is 2. The number of ether oxygens (including phenoxy) is 2. The lowest BCUT2D eigenvalue weighted by atomic mass is 9.98. The average Bonchev–Trinajstić information content (AvgIpc) is 3.47. The zero-order valence-electron chi connectivity index (χ0n) is 17.3. The zero-order valence-corrected chi connectivity index (χ0v) is 18.1. The monoisotopic (exact) mass is 430 g/mol. The van der Waals surface area contributed by atoms with Crippen molar-refractivity contribution in [3.63, 3.8) is 0 Å². The molecule has 160 valence electrons. The van der Waals surface area contributed by atoms with Crippen molar-refractivity contribution in [2.75, 3.05) is 13.2 Å².